The van der Waals surface area contributed by atoms with Crippen molar-refractivity contribution in [3.05, 3.63) is 54.1 Å². The molecule has 1 amide bonds. The number of carbonyl (C=O) groups excluding carboxylic acids is 1. The summed E-state index contributed by atoms with van der Waals surface area (Å²) in [6.07, 6.45) is 1.07. The lowest BCUT2D eigenvalue weighted by atomic mass is 10.2. The SMILES string of the molecule is COc1ccccc1OCC(=O)NCCN1CCc2ccccc21. The number of anilines is 1. The first-order chi connectivity index (χ1) is 11.8. The Morgan fingerprint density at radius 3 is 2.71 bits per heavy atom. The van der Waals surface area contributed by atoms with Gasteiger partial charge in [-0.05, 0) is 30.2 Å². The summed E-state index contributed by atoms with van der Waals surface area (Å²) >= 11 is 0. The zero-order valence-electron chi connectivity index (χ0n) is 13.8. The van der Waals surface area contributed by atoms with E-state index in [-0.39, 0.29) is 12.5 Å². The highest BCUT2D eigenvalue weighted by Crippen LogP contribution is 2.27. The van der Waals surface area contributed by atoms with Gasteiger partial charge in [0, 0.05) is 25.3 Å². The third-order valence-electron chi connectivity index (χ3n) is 4.12. The van der Waals surface area contributed by atoms with E-state index in [9.17, 15) is 4.79 Å². The van der Waals surface area contributed by atoms with Gasteiger partial charge in [-0.25, -0.2) is 0 Å². The molecule has 2 aromatic carbocycles. The van der Waals surface area contributed by atoms with Crippen LogP contribution in [0.2, 0.25) is 0 Å². The maximum absolute atomic E-state index is 11.9. The van der Waals surface area contributed by atoms with Crippen molar-refractivity contribution in [3.8, 4) is 11.5 Å². The lowest BCUT2D eigenvalue weighted by molar-refractivity contribution is -0.123. The van der Waals surface area contributed by atoms with Gasteiger partial charge in [-0.2, -0.15) is 0 Å². The molecule has 0 atom stereocenters. The van der Waals surface area contributed by atoms with Crippen molar-refractivity contribution in [1.29, 1.82) is 0 Å². The quantitative estimate of drug-likeness (QED) is 0.848. The van der Waals surface area contributed by atoms with Crippen molar-refractivity contribution in [2.24, 2.45) is 0 Å². The van der Waals surface area contributed by atoms with Gasteiger partial charge in [-0.15, -0.1) is 0 Å². The number of fused-ring (bicyclic) bond motifs is 1. The number of para-hydroxylation sites is 3. The number of benzene rings is 2. The smallest absolute Gasteiger partial charge is 0.258 e. The molecule has 1 aliphatic heterocycles. The van der Waals surface area contributed by atoms with Gasteiger partial charge >= 0.3 is 0 Å². The van der Waals surface area contributed by atoms with Crippen LogP contribution in [-0.4, -0.2) is 39.3 Å². The highest BCUT2D eigenvalue weighted by atomic mass is 16.5. The molecule has 0 saturated heterocycles. The van der Waals surface area contributed by atoms with E-state index in [0.29, 0.717) is 18.0 Å². The fraction of sp³-hybridized carbons (Fsp3) is 0.316. The highest BCUT2D eigenvalue weighted by molar-refractivity contribution is 5.77. The molecule has 3 rings (SSSR count). The molecule has 1 heterocycles. The third kappa shape index (κ3) is 3.79. The Bertz CT molecular complexity index is 703. The van der Waals surface area contributed by atoms with E-state index in [2.05, 4.69) is 34.5 Å². The third-order valence-corrected chi connectivity index (χ3v) is 4.12. The number of nitrogens with one attached hydrogen (secondary N) is 1. The number of rotatable bonds is 7. The highest BCUT2D eigenvalue weighted by Gasteiger charge is 2.17. The molecule has 0 spiro atoms. The van der Waals surface area contributed by atoms with Crippen molar-refractivity contribution >= 4 is 11.6 Å². The van der Waals surface area contributed by atoms with Crippen molar-refractivity contribution in [2.75, 3.05) is 38.3 Å². The maximum atomic E-state index is 11.9. The number of carbonyl (C=O) groups is 1. The van der Waals surface area contributed by atoms with Crippen LogP contribution in [0.15, 0.2) is 48.5 Å². The molecule has 2 aromatic rings. The van der Waals surface area contributed by atoms with Gasteiger partial charge < -0.3 is 19.7 Å². The van der Waals surface area contributed by atoms with Crippen LogP contribution in [0.3, 0.4) is 0 Å². The minimum atomic E-state index is -0.131. The van der Waals surface area contributed by atoms with Gasteiger partial charge in [-0.3, -0.25) is 4.79 Å². The summed E-state index contributed by atoms with van der Waals surface area (Å²) in [5, 5.41) is 2.90. The van der Waals surface area contributed by atoms with Crippen LogP contribution >= 0.6 is 0 Å². The molecular weight excluding hydrogens is 304 g/mol. The Morgan fingerprint density at radius 2 is 1.88 bits per heavy atom. The fourth-order valence-electron chi connectivity index (χ4n) is 2.90. The van der Waals surface area contributed by atoms with Crippen molar-refractivity contribution in [3.63, 3.8) is 0 Å². The van der Waals surface area contributed by atoms with E-state index >= 15 is 0 Å². The Balaban J connectivity index is 1.42. The van der Waals surface area contributed by atoms with Crippen molar-refractivity contribution in [2.45, 2.75) is 6.42 Å². The number of ether oxygens (including phenoxy) is 2. The molecule has 5 heteroatoms. The Morgan fingerprint density at radius 1 is 1.12 bits per heavy atom. The van der Waals surface area contributed by atoms with Gasteiger partial charge in [-0.1, -0.05) is 30.3 Å². The van der Waals surface area contributed by atoms with Gasteiger partial charge in [0.25, 0.3) is 5.91 Å². The molecule has 126 valence electrons. The van der Waals surface area contributed by atoms with Gasteiger partial charge in [0.1, 0.15) is 0 Å². The monoisotopic (exact) mass is 326 g/mol. The van der Waals surface area contributed by atoms with E-state index in [1.165, 1.54) is 11.3 Å². The molecule has 0 radical (unpaired) electrons. The van der Waals surface area contributed by atoms with E-state index < -0.39 is 0 Å². The van der Waals surface area contributed by atoms with Crippen molar-refractivity contribution < 1.29 is 14.3 Å². The van der Waals surface area contributed by atoms with Crippen LogP contribution in [0.1, 0.15) is 5.56 Å². The number of hydrogen-bond acceptors (Lipinski definition) is 4. The molecule has 1 N–H and O–H groups in total. The van der Waals surface area contributed by atoms with Crippen LogP contribution in [0, 0.1) is 0 Å². The normalized spacial score (nSPS) is 12.6. The maximum Gasteiger partial charge on any atom is 0.258 e. The summed E-state index contributed by atoms with van der Waals surface area (Å²) < 4.78 is 10.7. The topological polar surface area (TPSA) is 50.8 Å². The average molecular weight is 326 g/mol. The summed E-state index contributed by atoms with van der Waals surface area (Å²) in [6, 6.07) is 15.7. The minimum Gasteiger partial charge on any atom is -0.493 e. The van der Waals surface area contributed by atoms with Gasteiger partial charge in [0.2, 0.25) is 0 Å². The van der Waals surface area contributed by atoms with Gasteiger partial charge in [0.05, 0.1) is 7.11 Å². The first-order valence-corrected chi connectivity index (χ1v) is 8.13. The lowest BCUT2D eigenvalue weighted by Crippen LogP contribution is -2.36. The van der Waals surface area contributed by atoms with Gasteiger partial charge in [0.15, 0.2) is 18.1 Å². The summed E-state index contributed by atoms with van der Waals surface area (Å²) in [5.41, 5.74) is 2.65. The summed E-state index contributed by atoms with van der Waals surface area (Å²) in [5.74, 6) is 1.07. The second-order valence-corrected chi connectivity index (χ2v) is 5.66. The first-order valence-electron chi connectivity index (χ1n) is 8.13. The zero-order valence-corrected chi connectivity index (χ0v) is 13.8. The second-order valence-electron chi connectivity index (χ2n) is 5.66. The largest absolute Gasteiger partial charge is 0.493 e. The molecule has 0 unspecified atom stereocenters. The molecule has 1 aliphatic rings. The van der Waals surface area contributed by atoms with Crippen LogP contribution in [0.25, 0.3) is 0 Å². The second kappa shape index (κ2) is 7.73. The number of amides is 1. The van der Waals surface area contributed by atoms with Crippen LogP contribution in [0.5, 0.6) is 11.5 Å². The lowest BCUT2D eigenvalue weighted by Gasteiger charge is -2.19. The Hall–Kier alpha value is -2.69. The molecule has 0 aliphatic carbocycles. The molecule has 0 aromatic heterocycles. The van der Waals surface area contributed by atoms with Crippen LogP contribution in [0.4, 0.5) is 5.69 Å². The summed E-state index contributed by atoms with van der Waals surface area (Å²) in [4.78, 5) is 14.2. The van der Waals surface area contributed by atoms with Crippen molar-refractivity contribution in [1.82, 2.24) is 5.32 Å². The molecule has 0 saturated carbocycles. The minimum absolute atomic E-state index is 0.0169. The van der Waals surface area contributed by atoms with Crippen LogP contribution < -0.4 is 19.7 Å². The molecule has 24 heavy (non-hydrogen) atoms. The molecule has 0 bridgehead atoms. The molecule has 0 fully saturated rings. The zero-order chi connectivity index (χ0) is 16.8. The number of nitrogens with zero attached hydrogens (tertiary/aromatic N) is 1. The standard InChI is InChI=1S/C19H22N2O3/c1-23-17-8-4-5-9-18(17)24-14-19(22)20-11-13-21-12-10-15-6-2-3-7-16(15)21/h2-9H,10-14H2,1H3,(H,20,22). The number of methoxy groups -OCH3 is 1. The average Bonchev–Trinajstić information content (AvgIpc) is 3.03. The van der Waals surface area contributed by atoms with E-state index in [4.69, 9.17) is 9.47 Å². The molecule has 5 nitrogen and oxygen atoms in total. The van der Waals surface area contributed by atoms with Crippen LogP contribution in [-0.2, 0) is 11.2 Å². The Kier molecular flexibility index (Phi) is 5.21. The molecular formula is C19H22N2O3. The summed E-state index contributed by atoms with van der Waals surface area (Å²) in [7, 11) is 1.58. The first kappa shape index (κ1) is 16.2. The fourth-order valence-corrected chi connectivity index (χ4v) is 2.90. The van der Waals surface area contributed by atoms with E-state index in [1.807, 2.05) is 12.1 Å². The Labute approximate surface area is 142 Å². The van der Waals surface area contributed by atoms with E-state index in [0.717, 1.165) is 19.5 Å². The predicted molar refractivity (Wildman–Crippen MR) is 93.9 cm³/mol. The summed E-state index contributed by atoms with van der Waals surface area (Å²) in [6.45, 7) is 2.39. The predicted octanol–water partition coefficient (Wildman–Crippen LogP) is 2.25. The van der Waals surface area contributed by atoms with E-state index in [1.54, 1.807) is 19.2 Å². The number of hydrogen-bond donors (Lipinski definition) is 1.